The molecule has 0 unspecified atom stereocenters. The number of nitrogens with zero attached hydrogens (tertiary/aromatic N) is 3. The van der Waals surface area contributed by atoms with Crippen molar-refractivity contribution in [3.63, 3.8) is 0 Å². The Morgan fingerprint density at radius 2 is 1.97 bits per heavy atom. The Morgan fingerprint density at radius 3 is 2.55 bits per heavy atom. The highest BCUT2D eigenvalue weighted by Crippen LogP contribution is 2.23. The van der Waals surface area contributed by atoms with E-state index in [2.05, 4.69) is 16.5 Å². The zero-order valence-corrected chi connectivity index (χ0v) is 22.3. The van der Waals surface area contributed by atoms with Gasteiger partial charge in [0, 0.05) is 32.1 Å². The third-order valence-corrected chi connectivity index (χ3v) is 6.84. The number of aliphatic hydroxyl groups is 1. The number of benzene rings is 1. The van der Waals surface area contributed by atoms with Crippen molar-refractivity contribution in [2.75, 3.05) is 39.8 Å². The molecule has 2 atom stereocenters. The number of likely N-dealkylation sites (tertiary alicyclic amines) is 2. The number of β-amino-alcohol motifs (C(OH)–C–C–N with tert-alkyl or cyclic N) is 1. The van der Waals surface area contributed by atoms with Crippen LogP contribution in [0.1, 0.15) is 49.0 Å². The maximum Gasteiger partial charge on any atom is 0.257 e. The highest BCUT2D eigenvalue weighted by molar-refractivity contribution is 6.09. The van der Waals surface area contributed by atoms with Crippen LogP contribution in [0, 0.1) is 11.7 Å². The average molecular weight is 533 g/mol. The van der Waals surface area contributed by atoms with Gasteiger partial charge in [-0.25, -0.2) is 8.78 Å². The zero-order valence-electron chi connectivity index (χ0n) is 22.3. The molecular formula is C28H38F2N4O4. The summed E-state index contributed by atoms with van der Waals surface area (Å²) in [5.41, 5.74) is 4.82. The van der Waals surface area contributed by atoms with Gasteiger partial charge in [-0.1, -0.05) is 12.6 Å². The molecule has 2 heterocycles. The summed E-state index contributed by atoms with van der Waals surface area (Å²) in [7, 11) is 1.57. The fourth-order valence-corrected chi connectivity index (χ4v) is 4.90. The van der Waals surface area contributed by atoms with Crippen LogP contribution in [0.2, 0.25) is 0 Å². The predicted octanol–water partition coefficient (Wildman–Crippen LogP) is 2.85. The molecule has 0 saturated carbocycles. The van der Waals surface area contributed by atoms with Crippen molar-refractivity contribution >= 4 is 17.5 Å². The number of aliphatic imine (C=N–C) groups is 1. The predicted molar refractivity (Wildman–Crippen MR) is 142 cm³/mol. The number of hydrogen-bond donors (Lipinski definition) is 2. The van der Waals surface area contributed by atoms with Crippen molar-refractivity contribution in [3.05, 3.63) is 59.6 Å². The number of nitrogens with two attached hydrogens (primary N) is 1. The molecule has 1 aromatic carbocycles. The third kappa shape index (κ3) is 7.94. The molecule has 2 amide bonds. The highest BCUT2D eigenvalue weighted by Gasteiger charge is 2.38. The Labute approximate surface area is 222 Å². The molecule has 2 aliphatic rings. The maximum absolute atomic E-state index is 14.9. The first-order valence-corrected chi connectivity index (χ1v) is 12.8. The fourth-order valence-electron chi connectivity index (χ4n) is 4.90. The quantitative estimate of drug-likeness (QED) is 0.274. The summed E-state index contributed by atoms with van der Waals surface area (Å²) < 4.78 is 34.6. The van der Waals surface area contributed by atoms with Crippen LogP contribution >= 0.6 is 0 Å². The number of carbonyl (C=O) groups excluding carboxylic acids is 2. The number of rotatable bonds is 10. The molecule has 3 rings (SSSR count). The smallest absolute Gasteiger partial charge is 0.257 e. The van der Waals surface area contributed by atoms with Gasteiger partial charge in [0.15, 0.2) is 0 Å². The van der Waals surface area contributed by atoms with E-state index in [4.69, 9.17) is 10.5 Å². The Morgan fingerprint density at radius 1 is 1.29 bits per heavy atom. The Bertz CT molecular complexity index is 1090. The number of alkyl halides is 1. The van der Waals surface area contributed by atoms with Crippen molar-refractivity contribution in [2.24, 2.45) is 16.6 Å². The Kier molecular flexibility index (Phi) is 9.78. The first-order valence-electron chi connectivity index (χ1n) is 12.8. The minimum absolute atomic E-state index is 0.0286. The van der Waals surface area contributed by atoms with Crippen LogP contribution in [0.4, 0.5) is 8.78 Å². The van der Waals surface area contributed by atoms with Gasteiger partial charge in [-0.05, 0) is 70.0 Å². The number of allylic oxidation sites excluding steroid dienone is 2. The first kappa shape index (κ1) is 29.4. The van der Waals surface area contributed by atoms with Gasteiger partial charge in [0.1, 0.15) is 23.3 Å². The Balaban J connectivity index is 1.55. The van der Waals surface area contributed by atoms with Crippen LogP contribution in [0.5, 0.6) is 0 Å². The van der Waals surface area contributed by atoms with Gasteiger partial charge < -0.3 is 25.4 Å². The number of halogens is 2. The molecule has 0 aliphatic carbocycles. The minimum Gasteiger partial charge on any atom is -0.494 e. The SMILES string of the molecule is C=C(/C=C\C(=NC)c1ccc(C(=O)N2C[C@H](O)C[C@H]2C(N)=O)c(F)c1)OCC1CCN(CC(C)(C)F)CC1. The van der Waals surface area contributed by atoms with E-state index >= 15 is 0 Å². The number of piperidine rings is 1. The van der Waals surface area contributed by atoms with Gasteiger partial charge in [0.2, 0.25) is 5.91 Å². The molecule has 10 heteroatoms. The lowest BCUT2D eigenvalue weighted by atomic mass is 9.97. The van der Waals surface area contributed by atoms with E-state index in [9.17, 15) is 23.5 Å². The number of aliphatic hydroxyl groups excluding tert-OH is 1. The number of primary amides is 1. The van der Waals surface area contributed by atoms with Crippen molar-refractivity contribution in [1.29, 1.82) is 0 Å². The number of carbonyl (C=O) groups is 2. The molecule has 0 radical (unpaired) electrons. The minimum atomic E-state index is -1.20. The molecule has 0 bridgehead atoms. The lowest BCUT2D eigenvalue weighted by Crippen LogP contribution is -2.44. The van der Waals surface area contributed by atoms with E-state index in [1.807, 2.05) is 0 Å². The largest absolute Gasteiger partial charge is 0.494 e. The molecule has 8 nitrogen and oxygen atoms in total. The molecule has 3 N–H and O–H groups in total. The topological polar surface area (TPSA) is 108 Å². The summed E-state index contributed by atoms with van der Waals surface area (Å²) in [6.07, 6.45) is 4.31. The van der Waals surface area contributed by atoms with Crippen molar-refractivity contribution in [1.82, 2.24) is 9.80 Å². The van der Waals surface area contributed by atoms with E-state index in [1.54, 1.807) is 39.1 Å². The van der Waals surface area contributed by atoms with Crippen molar-refractivity contribution < 1.29 is 28.2 Å². The first-order chi connectivity index (χ1) is 17.9. The number of hydrogen-bond acceptors (Lipinski definition) is 6. The second-order valence-electron chi connectivity index (χ2n) is 10.6. The average Bonchev–Trinajstić information content (AvgIpc) is 3.25. The van der Waals surface area contributed by atoms with Crippen LogP contribution in [0.25, 0.3) is 0 Å². The lowest BCUT2D eigenvalue weighted by Gasteiger charge is -2.34. The number of amides is 2. The molecule has 208 valence electrons. The third-order valence-electron chi connectivity index (χ3n) is 6.84. The zero-order chi connectivity index (χ0) is 28.0. The van der Waals surface area contributed by atoms with Gasteiger partial charge in [0.05, 0.1) is 24.0 Å². The van der Waals surface area contributed by atoms with Crippen LogP contribution < -0.4 is 5.73 Å². The number of ether oxygens (including phenoxy) is 1. The molecule has 2 fully saturated rings. The fraction of sp³-hybridized carbons (Fsp3) is 0.536. The van der Waals surface area contributed by atoms with E-state index in [1.165, 1.54) is 12.1 Å². The highest BCUT2D eigenvalue weighted by atomic mass is 19.1. The monoisotopic (exact) mass is 532 g/mol. The lowest BCUT2D eigenvalue weighted by molar-refractivity contribution is -0.121. The standard InChI is InChI=1S/C28H38F2N4O4/c1-18(38-16-19-9-11-33(12-10-19)17-28(2,3)30)5-8-24(32-4)20-6-7-22(23(29)13-20)27(37)34-15-21(35)14-25(34)26(31)36/h5-8,13,19,21,25,35H,1,9-12,14-17H2,2-4H3,(H2,31,36)/b8-5-,32-24?/t21-,25+/m1/s1. The summed E-state index contributed by atoms with van der Waals surface area (Å²) in [4.78, 5) is 31.9. The van der Waals surface area contributed by atoms with Crippen molar-refractivity contribution in [3.8, 4) is 0 Å². The molecule has 2 aliphatic heterocycles. The molecule has 0 aromatic heterocycles. The molecule has 38 heavy (non-hydrogen) atoms. The molecule has 2 saturated heterocycles. The van der Waals surface area contributed by atoms with E-state index in [-0.39, 0.29) is 18.5 Å². The molecule has 1 aromatic rings. The van der Waals surface area contributed by atoms with Gasteiger partial charge in [-0.3, -0.25) is 14.6 Å². The summed E-state index contributed by atoms with van der Waals surface area (Å²) in [5, 5.41) is 9.85. The maximum atomic E-state index is 14.9. The normalized spacial score (nSPS) is 21.7. The van der Waals surface area contributed by atoms with Gasteiger partial charge in [0.25, 0.3) is 5.91 Å². The van der Waals surface area contributed by atoms with Gasteiger partial charge in [-0.15, -0.1) is 0 Å². The van der Waals surface area contributed by atoms with E-state index in [0.29, 0.717) is 36.1 Å². The molecular weight excluding hydrogens is 494 g/mol. The second-order valence-corrected chi connectivity index (χ2v) is 10.6. The Hall–Kier alpha value is -3.11. The van der Waals surface area contributed by atoms with Crippen molar-refractivity contribution in [2.45, 2.75) is 50.9 Å². The van der Waals surface area contributed by atoms with Gasteiger partial charge in [-0.2, -0.15) is 0 Å². The summed E-state index contributed by atoms with van der Waals surface area (Å²) >= 11 is 0. The summed E-state index contributed by atoms with van der Waals surface area (Å²) in [6.45, 7) is 9.63. The van der Waals surface area contributed by atoms with Crippen LogP contribution in [0.3, 0.4) is 0 Å². The van der Waals surface area contributed by atoms with E-state index < -0.39 is 35.4 Å². The van der Waals surface area contributed by atoms with E-state index in [0.717, 1.165) is 30.8 Å². The van der Waals surface area contributed by atoms with Crippen LogP contribution in [-0.2, 0) is 9.53 Å². The van der Waals surface area contributed by atoms with Crippen LogP contribution in [0.15, 0.2) is 47.7 Å². The van der Waals surface area contributed by atoms with Crippen LogP contribution in [-0.4, -0.2) is 90.1 Å². The van der Waals surface area contributed by atoms with Gasteiger partial charge >= 0.3 is 0 Å². The molecule has 0 spiro atoms. The summed E-state index contributed by atoms with van der Waals surface area (Å²) in [5.74, 6) is -1.42. The second kappa shape index (κ2) is 12.6. The summed E-state index contributed by atoms with van der Waals surface area (Å²) in [6, 6.07) is 3.11.